The number of likely N-dealkylation sites (tertiary alicyclic amines) is 1. The number of benzene rings is 1. The van der Waals surface area contributed by atoms with Gasteiger partial charge in [-0.1, -0.05) is 38.0 Å². The Hall–Kier alpha value is -1.55. The summed E-state index contributed by atoms with van der Waals surface area (Å²) in [7, 11) is 0. The van der Waals surface area contributed by atoms with Gasteiger partial charge in [0.25, 0.3) is 0 Å². The number of nitrogens with zero attached hydrogens (tertiary/aromatic N) is 1. The quantitative estimate of drug-likeness (QED) is 0.849. The van der Waals surface area contributed by atoms with Crippen molar-refractivity contribution < 1.29 is 9.53 Å². The highest BCUT2D eigenvalue weighted by molar-refractivity contribution is 5.88. The molecule has 1 aliphatic carbocycles. The van der Waals surface area contributed by atoms with Gasteiger partial charge in [-0.25, -0.2) is 4.79 Å². The first-order valence-electron chi connectivity index (χ1n) is 10.0. The molecule has 0 unspecified atom stereocenters. The van der Waals surface area contributed by atoms with Crippen LogP contribution in [0.2, 0.25) is 0 Å². The third-order valence-electron chi connectivity index (χ3n) is 6.58. The Morgan fingerprint density at radius 3 is 2.60 bits per heavy atom. The largest absolute Gasteiger partial charge is 0.438 e. The number of hydrogen-bond acceptors (Lipinski definition) is 3. The average Bonchev–Trinajstić information content (AvgIpc) is 2.63. The molecular formula is C21H30N2O2. The van der Waals surface area contributed by atoms with Gasteiger partial charge in [0, 0.05) is 37.5 Å². The van der Waals surface area contributed by atoms with E-state index in [0.717, 1.165) is 49.1 Å². The molecule has 0 bridgehead atoms. The van der Waals surface area contributed by atoms with E-state index < -0.39 is 5.60 Å². The summed E-state index contributed by atoms with van der Waals surface area (Å²) in [6.07, 6.45) is 9.70. The smallest absolute Gasteiger partial charge is 0.412 e. The van der Waals surface area contributed by atoms with Crippen LogP contribution in [0.3, 0.4) is 0 Å². The van der Waals surface area contributed by atoms with Crippen molar-refractivity contribution in [3.8, 4) is 0 Å². The Labute approximate surface area is 150 Å². The molecule has 0 aromatic heterocycles. The van der Waals surface area contributed by atoms with Crippen LogP contribution in [0.5, 0.6) is 0 Å². The molecule has 1 saturated carbocycles. The van der Waals surface area contributed by atoms with E-state index in [1.165, 1.54) is 38.5 Å². The molecule has 1 N–H and O–H groups in total. The van der Waals surface area contributed by atoms with E-state index in [0.29, 0.717) is 0 Å². The number of para-hydroxylation sites is 1. The summed E-state index contributed by atoms with van der Waals surface area (Å²) >= 11 is 0. The number of amides is 1. The number of anilines is 1. The minimum absolute atomic E-state index is 0.299. The number of ether oxygens (including phenoxy) is 1. The van der Waals surface area contributed by atoms with Crippen molar-refractivity contribution in [1.82, 2.24) is 4.90 Å². The highest BCUT2D eigenvalue weighted by atomic mass is 16.6. The summed E-state index contributed by atoms with van der Waals surface area (Å²) in [5, 5.41) is 2.85. The molecule has 2 fully saturated rings. The second kappa shape index (κ2) is 6.99. The molecule has 4 rings (SSSR count). The zero-order chi connectivity index (χ0) is 17.3. The Kier molecular flexibility index (Phi) is 4.72. The normalized spacial score (nSPS) is 28.9. The molecule has 1 saturated heterocycles. The lowest BCUT2D eigenvalue weighted by atomic mass is 9.79. The van der Waals surface area contributed by atoms with Gasteiger partial charge in [-0.3, -0.25) is 5.32 Å². The SMILES string of the molecule is CCCC1CCC(N2CCC3(CC2)OC(=O)Nc2ccccc23)CC1. The molecule has 4 nitrogen and oxygen atoms in total. The van der Waals surface area contributed by atoms with Gasteiger partial charge in [0.05, 0.1) is 5.69 Å². The summed E-state index contributed by atoms with van der Waals surface area (Å²) in [6.45, 7) is 4.36. The van der Waals surface area contributed by atoms with Crippen LogP contribution < -0.4 is 5.32 Å². The van der Waals surface area contributed by atoms with Crippen molar-refractivity contribution in [3.63, 3.8) is 0 Å². The van der Waals surface area contributed by atoms with E-state index in [1.54, 1.807) is 0 Å². The van der Waals surface area contributed by atoms with Gasteiger partial charge in [0.1, 0.15) is 5.60 Å². The fourth-order valence-corrected chi connectivity index (χ4v) is 5.19. The molecule has 3 aliphatic rings. The van der Waals surface area contributed by atoms with Crippen LogP contribution in [0.1, 0.15) is 63.9 Å². The molecule has 1 spiro atoms. The minimum Gasteiger partial charge on any atom is -0.438 e. The second-order valence-corrected chi connectivity index (χ2v) is 8.05. The highest BCUT2D eigenvalue weighted by Crippen LogP contribution is 2.44. The summed E-state index contributed by atoms with van der Waals surface area (Å²) in [6, 6.07) is 8.85. The molecule has 4 heteroatoms. The predicted molar refractivity (Wildman–Crippen MR) is 99.7 cm³/mol. The number of piperidine rings is 1. The van der Waals surface area contributed by atoms with E-state index in [9.17, 15) is 4.79 Å². The van der Waals surface area contributed by atoms with E-state index in [-0.39, 0.29) is 6.09 Å². The van der Waals surface area contributed by atoms with Gasteiger partial charge in [0.2, 0.25) is 0 Å². The first-order chi connectivity index (χ1) is 12.2. The lowest BCUT2D eigenvalue weighted by Crippen LogP contribution is -2.51. The second-order valence-electron chi connectivity index (χ2n) is 8.05. The highest BCUT2D eigenvalue weighted by Gasteiger charge is 2.45. The molecule has 2 aliphatic heterocycles. The molecule has 1 aromatic carbocycles. The number of nitrogens with one attached hydrogen (secondary N) is 1. The number of hydrogen-bond donors (Lipinski definition) is 1. The zero-order valence-corrected chi connectivity index (χ0v) is 15.3. The van der Waals surface area contributed by atoms with Gasteiger partial charge in [0.15, 0.2) is 0 Å². The molecule has 25 heavy (non-hydrogen) atoms. The lowest BCUT2D eigenvalue weighted by molar-refractivity contribution is -0.0498. The summed E-state index contributed by atoms with van der Waals surface area (Å²) in [4.78, 5) is 14.7. The van der Waals surface area contributed by atoms with E-state index >= 15 is 0 Å². The minimum atomic E-state index is -0.422. The van der Waals surface area contributed by atoms with Crippen LogP contribution in [-0.4, -0.2) is 30.1 Å². The Bertz CT molecular complexity index is 614. The van der Waals surface area contributed by atoms with Crippen molar-refractivity contribution >= 4 is 11.8 Å². The van der Waals surface area contributed by atoms with E-state index in [4.69, 9.17) is 4.74 Å². The van der Waals surface area contributed by atoms with Gasteiger partial charge in [-0.15, -0.1) is 0 Å². The fourth-order valence-electron chi connectivity index (χ4n) is 5.19. The summed E-state index contributed by atoms with van der Waals surface area (Å²) < 4.78 is 5.85. The lowest BCUT2D eigenvalue weighted by Gasteiger charge is -2.47. The first kappa shape index (κ1) is 16.9. The van der Waals surface area contributed by atoms with E-state index in [1.807, 2.05) is 18.2 Å². The van der Waals surface area contributed by atoms with Crippen molar-refractivity contribution in [2.24, 2.45) is 5.92 Å². The van der Waals surface area contributed by atoms with Crippen molar-refractivity contribution in [2.75, 3.05) is 18.4 Å². The maximum Gasteiger partial charge on any atom is 0.412 e. The molecule has 1 aromatic rings. The standard InChI is InChI=1S/C21H30N2O2/c1-2-5-16-8-10-17(11-9-16)23-14-12-21(13-15-23)18-6-3-4-7-19(18)22-20(24)25-21/h3-4,6-7,16-17H,2,5,8-15H2,1H3,(H,22,24). The van der Waals surface area contributed by atoms with Gasteiger partial charge in [-0.2, -0.15) is 0 Å². The van der Waals surface area contributed by atoms with Gasteiger partial charge < -0.3 is 9.64 Å². The number of carbonyl (C=O) groups is 1. The van der Waals surface area contributed by atoms with Crippen molar-refractivity contribution in [3.05, 3.63) is 29.8 Å². The van der Waals surface area contributed by atoms with Crippen LogP contribution in [0, 0.1) is 5.92 Å². The maximum absolute atomic E-state index is 12.0. The zero-order valence-electron chi connectivity index (χ0n) is 15.3. The third-order valence-corrected chi connectivity index (χ3v) is 6.58. The molecule has 2 heterocycles. The summed E-state index contributed by atoms with van der Waals surface area (Å²) in [5.41, 5.74) is 1.66. The molecule has 136 valence electrons. The van der Waals surface area contributed by atoms with Gasteiger partial charge in [-0.05, 0) is 37.7 Å². The maximum atomic E-state index is 12.0. The topological polar surface area (TPSA) is 41.6 Å². The van der Waals surface area contributed by atoms with Crippen LogP contribution in [-0.2, 0) is 10.3 Å². The molecule has 0 radical (unpaired) electrons. The first-order valence-corrected chi connectivity index (χ1v) is 10.0. The number of fused-ring (bicyclic) bond motifs is 2. The predicted octanol–water partition coefficient (Wildman–Crippen LogP) is 4.90. The number of carbonyl (C=O) groups excluding carboxylic acids is 1. The number of rotatable bonds is 3. The molecule has 0 atom stereocenters. The van der Waals surface area contributed by atoms with Crippen LogP contribution in [0.15, 0.2) is 24.3 Å². The van der Waals surface area contributed by atoms with Gasteiger partial charge >= 0.3 is 6.09 Å². The van der Waals surface area contributed by atoms with Crippen LogP contribution in [0.25, 0.3) is 0 Å². The Balaban J connectivity index is 1.41. The fraction of sp³-hybridized carbons (Fsp3) is 0.667. The Morgan fingerprint density at radius 2 is 1.88 bits per heavy atom. The molecule has 1 amide bonds. The van der Waals surface area contributed by atoms with Crippen molar-refractivity contribution in [1.29, 1.82) is 0 Å². The van der Waals surface area contributed by atoms with Crippen LogP contribution >= 0.6 is 0 Å². The average molecular weight is 342 g/mol. The Morgan fingerprint density at radius 1 is 1.16 bits per heavy atom. The van der Waals surface area contributed by atoms with E-state index in [2.05, 4.69) is 23.2 Å². The van der Waals surface area contributed by atoms with Crippen molar-refractivity contribution in [2.45, 2.75) is 69.9 Å². The molecular weight excluding hydrogens is 312 g/mol. The third kappa shape index (κ3) is 3.29. The monoisotopic (exact) mass is 342 g/mol. The summed E-state index contributed by atoms with van der Waals surface area (Å²) in [5.74, 6) is 0.953. The van der Waals surface area contributed by atoms with Crippen LogP contribution in [0.4, 0.5) is 10.5 Å².